The van der Waals surface area contributed by atoms with Crippen LogP contribution < -0.4 is 5.32 Å². The maximum Gasteiger partial charge on any atom is 0.327 e. The summed E-state index contributed by atoms with van der Waals surface area (Å²) in [6.45, 7) is 9.89. The van der Waals surface area contributed by atoms with Crippen LogP contribution in [0, 0.1) is 0 Å². The van der Waals surface area contributed by atoms with Crippen molar-refractivity contribution in [3.63, 3.8) is 0 Å². The van der Waals surface area contributed by atoms with Crippen LogP contribution in [-0.4, -0.2) is 71.4 Å². The van der Waals surface area contributed by atoms with E-state index in [1.807, 2.05) is 12.1 Å². The van der Waals surface area contributed by atoms with Gasteiger partial charge in [0.2, 0.25) is 0 Å². The summed E-state index contributed by atoms with van der Waals surface area (Å²) in [4.78, 5) is 17.0. The molecule has 6 nitrogen and oxygen atoms in total. The van der Waals surface area contributed by atoms with Crippen molar-refractivity contribution in [3.05, 3.63) is 34.9 Å². The molecule has 0 saturated carbocycles. The standard InChI is InChI=1S/C21H35ClN4OS.2ClH.H2O/c1-2-3-4-5-11-23-21(27)26(28)13-6-12-24-14-16-25(17-15-24)18-19-7-9-20(22)10-8-19;;;/h7-10,28H,2-6,11-18H2,1H3,(H,23,27);2*1H;1H2. The Kier molecular flexibility index (Phi) is 20.2. The van der Waals surface area contributed by atoms with Gasteiger partial charge in [0.15, 0.2) is 0 Å². The number of halogens is 3. The molecule has 2 rings (SSSR count). The molecule has 2 amide bonds. The summed E-state index contributed by atoms with van der Waals surface area (Å²) in [5.74, 6) is 0. The Morgan fingerprint density at radius 1 is 1.03 bits per heavy atom. The summed E-state index contributed by atoms with van der Waals surface area (Å²) in [7, 11) is 0. The van der Waals surface area contributed by atoms with Gasteiger partial charge in [0, 0.05) is 50.8 Å². The van der Waals surface area contributed by atoms with Gasteiger partial charge in [-0.25, -0.2) is 4.79 Å². The molecule has 0 unspecified atom stereocenters. The first-order valence-electron chi connectivity index (χ1n) is 10.5. The molecular weight excluding hydrogens is 479 g/mol. The molecule has 31 heavy (non-hydrogen) atoms. The lowest BCUT2D eigenvalue weighted by Gasteiger charge is -2.35. The highest BCUT2D eigenvalue weighted by Gasteiger charge is 2.17. The molecule has 1 saturated heterocycles. The molecule has 1 aromatic carbocycles. The summed E-state index contributed by atoms with van der Waals surface area (Å²) in [5.41, 5.74) is 1.31. The number of hydrogen-bond acceptors (Lipinski definition) is 4. The molecule has 0 spiro atoms. The van der Waals surface area contributed by atoms with Gasteiger partial charge in [-0.05, 0) is 37.1 Å². The molecule has 0 bridgehead atoms. The van der Waals surface area contributed by atoms with Crippen LogP contribution >= 0.6 is 49.2 Å². The molecule has 0 radical (unpaired) electrons. The average Bonchev–Trinajstić information content (AvgIpc) is 2.70. The Labute approximate surface area is 210 Å². The number of carbonyl (C=O) groups excluding carboxylic acids is 1. The zero-order chi connectivity index (χ0) is 20.2. The lowest BCUT2D eigenvalue weighted by molar-refractivity contribution is 0.125. The predicted octanol–water partition coefficient (Wildman–Crippen LogP) is 4.30. The number of urea groups is 1. The average molecular weight is 518 g/mol. The van der Waals surface area contributed by atoms with Crippen molar-refractivity contribution in [1.29, 1.82) is 0 Å². The summed E-state index contributed by atoms with van der Waals surface area (Å²) in [6, 6.07) is 8.04. The minimum atomic E-state index is -0.0763. The number of carbonyl (C=O) groups is 1. The van der Waals surface area contributed by atoms with Gasteiger partial charge in [-0.2, -0.15) is 0 Å². The zero-order valence-electron chi connectivity index (χ0n) is 18.4. The minimum Gasteiger partial charge on any atom is -0.412 e. The van der Waals surface area contributed by atoms with E-state index in [1.165, 1.54) is 29.1 Å². The summed E-state index contributed by atoms with van der Waals surface area (Å²) >= 11 is 10.3. The maximum absolute atomic E-state index is 12.0. The number of thiol groups is 1. The fourth-order valence-electron chi connectivity index (χ4n) is 3.40. The molecule has 1 aliphatic heterocycles. The van der Waals surface area contributed by atoms with Crippen LogP contribution in [-0.2, 0) is 6.54 Å². The van der Waals surface area contributed by atoms with Gasteiger partial charge in [0.25, 0.3) is 0 Å². The topological polar surface area (TPSA) is 70.3 Å². The number of benzene rings is 1. The van der Waals surface area contributed by atoms with E-state index in [0.717, 1.165) is 63.7 Å². The Hall–Kier alpha value is -0.410. The van der Waals surface area contributed by atoms with Crippen LogP contribution in [0.25, 0.3) is 0 Å². The van der Waals surface area contributed by atoms with Crippen molar-refractivity contribution in [2.75, 3.05) is 45.8 Å². The molecule has 10 heteroatoms. The third kappa shape index (κ3) is 13.7. The number of rotatable bonds is 11. The lowest BCUT2D eigenvalue weighted by Crippen LogP contribution is -2.46. The van der Waals surface area contributed by atoms with Gasteiger partial charge >= 0.3 is 6.03 Å². The number of amides is 2. The van der Waals surface area contributed by atoms with Crippen molar-refractivity contribution < 1.29 is 10.3 Å². The van der Waals surface area contributed by atoms with Crippen molar-refractivity contribution >= 4 is 55.3 Å². The molecule has 0 aliphatic carbocycles. The van der Waals surface area contributed by atoms with Crippen molar-refractivity contribution in [2.45, 2.75) is 45.6 Å². The lowest BCUT2D eigenvalue weighted by atomic mass is 10.2. The Bertz CT molecular complexity index is 576. The van der Waals surface area contributed by atoms with E-state index in [0.29, 0.717) is 6.54 Å². The van der Waals surface area contributed by atoms with Crippen LogP contribution in [0.5, 0.6) is 0 Å². The van der Waals surface area contributed by atoms with Crippen molar-refractivity contribution in [1.82, 2.24) is 19.4 Å². The SMILES string of the molecule is CCCCCCNC(=O)N(S)CCCN1CCN(Cc2ccc(Cl)cc2)CC1.Cl.Cl.O. The molecule has 1 aromatic rings. The van der Waals surface area contributed by atoms with Crippen LogP contribution in [0.3, 0.4) is 0 Å². The second kappa shape index (κ2) is 19.1. The van der Waals surface area contributed by atoms with Gasteiger partial charge in [-0.15, -0.1) is 24.8 Å². The van der Waals surface area contributed by atoms with Crippen molar-refractivity contribution in [2.24, 2.45) is 0 Å². The van der Waals surface area contributed by atoms with E-state index >= 15 is 0 Å². The molecule has 3 N–H and O–H groups in total. The molecule has 1 fully saturated rings. The van der Waals surface area contributed by atoms with E-state index in [-0.39, 0.29) is 36.3 Å². The fourth-order valence-corrected chi connectivity index (χ4v) is 3.74. The molecule has 1 heterocycles. The first kappa shape index (κ1) is 32.8. The Morgan fingerprint density at radius 3 is 2.26 bits per heavy atom. The zero-order valence-corrected chi connectivity index (χ0v) is 21.7. The molecular formula is C21H39Cl3N4O2S. The number of nitrogens with one attached hydrogen (secondary N) is 1. The molecule has 0 aromatic heterocycles. The summed E-state index contributed by atoms with van der Waals surface area (Å²) in [5, 5.41) is 3.73. The van der Waals surface area contributed by atoms with Crippen molar-refractivity contribution in [3.8, 4) is 0 Å². The number of unbranched alkanes of at least 4 members (excludes halogenated alkanes) is 3. The number of hydrogen-bond donors (Lipinski definition) is 2. The van der Waals surface area contributed by atoms with E-state index in [2.05, 4.69) is 47.0 Å². The quantitative estimate of drug-likeness (QED) is 0.339. The second-order valence-electron chi connectivity index (χ2n) is 7.51. The molecule has 182 valence electrons. The predicted molar refractivity (Wildman–Crippen MR) is 139 cm³/mol. The molecule has 0 atom stereocenters. The fraction of sp³-hybridized carbons (Fsp3) is 0.667. The smallest absolute Gasteiger partial charge is 0.327 e. The maximum atomic E-state index is 12.0. The van der Waals surface area contributed by atoms with Gasteiger partial charge in [0.1, 0.15) is 0 Å². The van der Waals surface area contributed by atoms with Gasteiger partial charge in [-0.3, -0.25) is 9.21 Å². The van der Waals surface area contributed by atoms with E-state index in [4.69, 9.17) is 11.6 Å². The monoisotopic (exact) mass is 516 g/mol. The van der Waals surface area contributed by atoms with Gasteiger partial charge in [-0.1, -0.05) is 62.7 Å². The molecule has 1 aliphatic rings. The van der Waals surface area contributed by atoms with E-state index in [9.17, 15) is 4.79 Å². The van der Waals surface area contributed by atoms with Gasteiger partial charge < -0.3 is 15.7 Å². The van der Waals surface area contributed by atoms with Crippen LogP contribution in [0.4, 0.5) is 4.79 Å². The normalized spacial score (nSPS) is 14.0. The van der Waals surface area contributed by atoms with E-state index < -0.39 is 0 Å². The third-order valence-corrected chi connectivity index (χ3v) is 5.80. The minimum absolute atomic E-state index is 0. The van der Waals surface area contributed by atoms with Crippen LogP contribution in [0.1, 0.15) is 44.6 Å². The number of piperazine rings is 1. The van der Waals surface area contributed by atoms with E-state index in [1.54, 1.807) is 0 Å². The second-order valence-corrected chi connectivity index (χ2v) is 8.43. The highest BCUT2D eigenvalue weighted by Crippen LogP contribution is 2.13. The first-order chi connectivity index (χ1) is 13.6. The number of nitrogens with zero attached hydrogens (tertiary/aromatic N) is 3. The summed E-state index contributed by atoms with van der Waals surface area (Å²) in [6.07, 6.45) is 5.61. The highest BCUT2D eigenvalue weighted by molar-refractivity contribution is 7.78. The highest BCUT2D eigenvalue weighted by atomic mass is 35.5. The Balaban J connectivity index is 0. The Morgan fingerprint density at radius 2 is 1.65 bits per heavy atom. The van der Waals surface area contributed by atoms with Crippen LogP contribution in [0.15, 0.2) is 24.3 Å². The third-order valence-electron chi connectivity index (χ3n) is 5.17. The largest absolute Gasteiger partial charge is 0.412 e. The first-order valence-corrected chi connectivity index (χ1v) is 11.3. The van der Waals surface area contributed by atoms with Gasteiger partial charge in [0.05, 0.1) is 0 Å². The summed E-state index contributed by atoms with van der Waals surface area (Å²) < 4.78 is 1.51. The van der Waals surface area contributed by atoms with Crippen LogP contribution in [0.2, 0.25) is 5.02 Å².